The third-order valence-corrected chi connectivity index (χ3v) is 5.55. The molecule has 0 aliphatic heterocycles. The zero-order valence-electron chi connectivity index (χ0n) is 15.1. The van der Waals surface area contributed by atoms with Crippen LogP contribution in [0.4, 0.5) is 5.00 Å². The maximum atomic E-state index is 12.4. The van der Waals surface area contributed by atoms with Gasteiger partial charge in [0.25, 0.3) is 5.91 Å². The third-order valence-electron chi connectivity index (χ3n) is 3.76. The molecule has 0 aliphatic rings. The second kappa shape index (κ2) is 9.29. The highest BCUT2D eigenvalue weighted by Gasteiger charge is 2.23. The van der Waals surface area contributed by atoms with Gasteiger partial charge in [0.1, 0.15) is 10.6 Å². The summed E-state index contributed by atoms with van der Waals surface area (Å²) in [6.45, 7) is 1.76. The molecule has 2 aromatic heterocycles. The number of carbonyl (C=O) groups is 3. The van der Waals surface area contributed by atoms with E-state index in [1.54, 1.807) is 31.2 Å². The molecule has 2 heterocycles. The highest BCUT2D eigenvalue weighted by atomic mass is 32.1. The first-order valence-corrected chi connectivity index (χ1v) is 10.3. The minimum absolute atomic E-state index is 0.206. The second-order valence-corrected chi connectivity index (χ2v) is 7.48. The molecule has 2 N–H and O–H groups in total. The SMILES string of the molecule is CCOC(=O)c1c(-c2cccs2)csc1NC(=O)CNC(=O)c1ccccc1. The Morgan fingerprint density at radius 2 is 1.82 bits per heavy atom. The van der Waals surface area contributed by atoms with Gasteiger partial charge in [0.2, 0.25) is 5.91 Å². The van der Waals surface area contributed by atoms with Crippen LogP contribution in [0, 0.1) is 0 Å². The van der Waals surface area contributed by atoms with E-state index in [1.165, 1.54) is 22.7 Å². The van der Waals surface area contributed by atoms with E-state index in [1.807, 2.05) is 29.0 Å². The lowest BCUT2D eigenvalue weighted by Gasteiger charge is -2.09. The van der Waals surface area contributed by atoms with Crippen LogP contribution in [-0.2, 0) is 9.53 Å². The zero-order valence-corrected chi connectivity index (χ0v) is 16.7. The molecule has 3 aromatic rings. The number of amides is 2. The fraction of sp³-hybridized carbons (Fsp3) is 0.150. The first kappa shape index (κ1) is 19.8. The summed E-state index contributed by atoms with van der Waals surface area (Å²) in [7, 11) is 0. The molecule has 0 radical (unpaired) electrons. The Labute approximate surface area is 170 Å². The van der Waals surface area contributed by atoms with E-state index in [0.29, 0.717) is 16.1 Å². The summed E-state index contributed by atoms with van der Waals surface area (Å²) in [4.78, 5) is 37.7. The Morgan fingerprint density at radius 3 is 2.50 bits per heavy atom. The van der Waals surface area contributed by atoms with Crippen molar-refractivity contribution in [2.24, 2.45) is 0 Å². The lowest BCUT2D eigenvalue weighted by molar-refractivity contribution is -0.115. The van der Waals surface area contributed by atoms with E-state index in [-0.39, 0.29) is 19.1 Å². The van der Waals surface area contributed by atoms with Crippen LogP contribution in [0.1, 0.15) is 27.6 Å². The van der Waals surface area contributed by atoms with E-state index in [2.05, 4.69) is 10.6 Å². The second-order valence-electron chi connectivity index (χ2n) is 5.65. The molecular weight excluding hydrogens is 396 g/mol. The van der Waals surface area contributed by atoms with Gasteiger partial charge in [0.15, 0.2) is 0 Å². The average Bonchev–Trinajstić information content (AvgIpc) is 3.36. The first-order valence-electron chi connectivity index (χ1n) is 8.55. The Bertz CT molecular complexity index is 966. The third kappa shape index (κ3) is 4.65. The molecule has 8 heteroatoms. The fourth-order valence-electron chi connectivity index (χ4n) is 2.49. The number of hydrogen-bond donors (Lipinski definition) is 2. The van der Waals surface area contributed by atoms with Crippen LogP contribution in [0.2, 0.25) is 0 Å². The van der Waals surface area contributed by atoms with Crippen molar-refractivity contribution in [3.63, 3.8) is 0 Å². The number of hydrogen-bond acceptors (Lipinski definition) is 6. The van der Waals surface area contributed by atoms with Gasteiger partial charge in [-0.15, -0.1) is 22.7 Å². The van der Waals surface area contributed by atoms with Crippen molar-refractivity contribution in [1.82, 2.24) is 5.32 Å². The zero-order chi connectivity index (χ0) is 19.9. The molecule has 3 rings (SSSR count). The minimum Gasteiger partial charge on any atom is -0.462 e. The van der Waals surface area contributed by atoms with Gasteiger partial charge in [-0.05, 0) is 30.5 Å². The molecule has 0 fully saturated rings. The molecular formula is C20H18N2O4S2. The number of nitrogens with one attached hydrogen (secondary N) is 2. The van der Waals surface area contributed by atoms with E-state index in [0.717, 1.165) is 10.4 Å². The van der Waals surface area contributed by atoms with Crippen molar-refractivity contribution in [3.05, 3.63) is 64.4 Å². The molecule has 6 nitrogen and oxygen atoms in total. The predicted octanol–water partition coefficient (Wildman–Crippen LogP) is 4.02. The lowest BCUT2D eigenvalue weighted by atomic mass is 10.1. The van der Waals surface area contributed by atoms with Gasteiger partial charge >= 0.3 is 5.97 Å². The number of carbonyl (C=O) groups excluding carboxylic acids is 3. The summed E-state index contributed by atoms with van der Waals surface area (Å²) in [6, 6.07) is 12.4. The molecule has 0 bridgehead atoms. The van der Waals surface area contributed by atoms with Gasteiger partial charge in [-0.1, -0.05) is 24.3 Å². The van der Waals surface area contributed by atoms with Gasteiger partial charge in [-0.2, -0.15) is 0 Å². The van der Waals surface area contributed by atoms with Crippen molar-refractivity contribution in [2.45, 2.75) is 6.92 Å². The number of benzene rings is 1. The molecule has 144 valence electrons. The quantitative estimate of drug-likeness (QED) is 0.572. The van der Waals surface area contributed by atoms with Crippen LogP contribution in [0.15, 0.2) is 53.2 Å². The molecule has 1 aromatic carbocycles. The summed E-state index contributed by atoms with van der Waals surface area (Å²) in [6.07, 6.45) is 0. The molecule has 0 saturated carbocycles. The van der Waals surface area contributed by atoms with Crippen LogP contribution in [-0.4, -0.2) is 30.9 Å². The fourth-order valence-corrected chi connectivity index (χ4v) is 4.28. The highest BCUT2D eigenvalue weighted by Crippen LogP contribution is 2.38. The van der Waals surface area contributed by atoms with Crippen LogP contribution in [0.3, 0.4) is 0 Å². The Balaban J connectivity index is 1.72. The van der Waals surface area contributed by atoms with Crippen molar-refractivity contribution in [2.75, 3.05) is 18.5 Å². The summed E-state index contributed by atoms with van der Waals surface area (Å²) >= 11 is 2.75. The molecule has 0 atom stereocenters. The number of esters is 1. The van der Waals surface area contributed by atoms with E-state index < -0.39 is 11.9 Å². The van der Waals surface area contributed by atoms with Crippen molar-refractivity contribution in [3.8, 4) is 10.4 Å². The van der Waals surface area contributed by atoms with Gasteiger partial charge < -0.3 is 15.4 Å². The molecule has 0 unspecified atom stereocenters. The largest absolute Gasteiger partial charge is 0.462 e. The number of ether oxygens (including phenoxy) is 1. The molecule has 28 heavy (non-hydrogen) atoms. The standard InChI is InChI=1S/C20H18N2O4S2/c1-2-26-20(25)17-14(15-9-6-10-27-15)12-28-19(17)22-16(23)11-21-18(24)13-7-4-3-5-8-13/h3-10,12H,2,11H2,1H3,(H,21,24)(H,22,23). The van der Waals surface area contributed by atoms with Crippen LogP contribution in [0.25, 0.3) is 10.4 Å². The van der Waals surface area contributed by atoms with Crippen LogP contribution in [0.5, 0.6) is 0 Å². The van der Waals surface area contributed by atoms with E-state index in [9.17, 15) is 14.4 Å². The minimum atomic E-state index is -0.490. The normalized spacial score (nSPS) is 10.3. The lowest BCUT2D eigenvalue weighted by Crippen LogP contribution is -2.33. The van der Waals surface area contributed by atoms with E-state index in [4.69, 9.17) is 4.74 Å². The van der Waals surface area contributed by atoms with E-state index >= 15 is 0 Å². The summed E-state index contributed by atoms with van der Waals surface area (Å²) in [5, 5.41) is 9.41. The summed E-state index contributed by atoms with van der Waals surface area (Å²) in [5.74, 6) is -1.25. The van der Waals surface area contributed by atoms with Crippen molar-refractivity contribution in [1.29, 1.82) is 0 Å². The topological polar surface area (TPSA) is 84.5 Å². The molecule has 0 spiro atoms. The van der Waals surface area contributed by atoms with Gasteiger partial charge in [-0.3, -0.25) is 9.59 Å². The summed E-state index contributed by atoms with van der Waals surface area (Å²) < 4.78 is 5.15. The van der Waals surface area contributed by atoms with Crippen LogP contribution >= 0.6 is 22.7 Å². The van der Waals surface area contributed by atoms with Gasteiger partial charge in [0.05, 0.1) is 13.2 Å². The maximum Gasteiger partial charge on any atom is 0.341 e. The number of rotatable bonds is 7. The van der Waals surface area contributed by atoms with Gasteiger partial charge in [-0.25, -0.2) is 4.79 Å². The molecule has 0 saturated heterocycles. The summed E-state index contributed by atoms with van der Waals surface area (Å²) in [5.41, 5.74) is 1.53. The monoisotopic (exact) mass is 414 g/mol. The van der Waals surface area contributed by atoms with Crippen LogP contribution < -0.4 is 10.6 Å². The smallest absolute Gasteiger partial charge is 0.341 e. The Morgan fingerprint density at radius 1 is 1.04 bits per heavy atom. The average molecular weight is 415 g/mol. The maximum absolute atomic E-state index is 12.4. The molecule has 0 aliphatic carbocycles. The Kier molecular flexibility index (Phi) is 6.57. The number of anilines is 1. The highest BCUT2D eigenvalue weighted by molar-refractivity contribution is 7.17. The Hall–Kier alpha value is -2.97. The number of thiophene rings is 2. The molecule has 2 amide bonds. The van der Waals surface area contributed by atoms with Gasteiger partial charge in [0, 0.05) is 21.4 Å². The predicted molar refractivity (Wildman–Crippen MR) is 111 cm³/mol. The first-order chi connectivity index (χ1) is 13.6. The van der Waals surface area contributed by atoms with Crippen molar-refractivity contribution >= 4 is 45.5 Å². The van der Waals surface area contributed by atoms with Crippen molar-refractivity contribution < 1.29 is 19.1 Å².